The number of alkyl halides is 3. The minimum Gasteiger partial charge on any atom is -0.493 e. The standard InChI is InChI=1S/C37H33F3N2O7/c1-22-30(41-34(49-22)24-12-14-25(15-13-24)37(38,39)40)18-19-47-31-17-16-29(27-10-6-7-11-28(27)31)32(43)33(46-2)35(44)42-26(21-48-36(42)45)20-23-8-4-3-5-9-23/h3-17,26,32-33,43H,18-21H2,1-2H3/t26?,32-,33+/m1/s1. The fourth-order valence-electron chi connectivity index (χ4n) is 5.95. The van der Waals surface area contributed by atoms with Gasteiger partial charge in [-0.15, -0.1) is 0 Å². The summed E-state index contributed by atoms with van der Waals surface area (Å²) in [6, 6.07) is 24.0. The maximum absolute atomic E-state index is 13.7. The summed E-state index contributed by atoms with van der Waals surface area (Å²) in [4.78, 5) is 31.9. The van der Waals surface area contributed by atoms with Gasteiger partial charge in [0.05, 0.1) is 23.9 Å². The fraction of sp³-hybridized carbons (Fsp3) is 0.270. The SMILES string of the molecule is CO[C@H](C(=O)N1C(=O)OCC1Cc1ccccc1)[C@H](O)c1ccc(OCCc2nc(-c3ccc(C(F)(F)F)cc3)oc2C)c2ccccc12. The van der Waals surface area contributed by atoms with Crippen LogP contribution in [0.1, 0.15) is 34.2 Å². The number of halogens is 3. The third-order valence-electron chi connectivity index (χ3n) is 8.48. The molecule has 0 saturated carbocycles. The highest BCUT2D eigenvalue weighted by Gasteiger charge is 2.43. The van der Waals surface area contributed by atoms with Crippen molar-refractivity contribution in [2.45, 2.75) is 44.2 Å². The summed E-state index contributed by atoms with van der Waals surface area (Å²) in [6.45, 7) is 1.96. The Kier molecular flexibility index (Phi) is 9.70. The molecule has 1 aliphatic heterocycles. The summed E-state index contributed by atoms with van der Waals surface area (Å²) in [5.41, 5.74) is 1.59. The zero-order valence-electron chi connectivity index (χ0n) is 26.6. The van der Waals surface area contributed by atoms with Gasteiger partial charge in [-0.3, -0.25) is 4.79 Å². The number of nitrogens with zero attached hydrogens (tertiary/aromatic N) is 2. The fourth-order valence-corrected chi connectivity index (χ4v) is 5.95. The molecular weight excluding hydrogens is 641 g/mol. The van der Waals surface area contributed by atoms with Crippen molar-refractivity contribution >= 4 is 22.8 Å². The van der Waals surface area contributed by atoms with Gasteiger partial charge >= 0.3 is 12.3 Å². The molecule has 6 rings (SSSR count). The number of hydrogen-bond donors (Lipinski definition) is 1. The molecule has 2 heterocycles. The van der Waals surface area contributed by atoms with Gasteiger partial charge in [0.15, 0.2) is 6.10 Å². The summed E-state index contributed by atoms with van der Waals surface area (Å²) >= 11 is 0. The van der Waals surface area contributed by atoms with Gasteiger partial charge in [0.25, 0.3) is 5.91 Å². The quantitative estimate of drug-likeness (QED) is 0.158. The molecule has 0 bridgehead atoms. The third-order valence-corrected chi connectivity index (χ3v) is 8.48. The van der Waals surface area contributed by atoms with Crippen molar-refractivity contribution in [1.29, 1.82) is 0 Å². The molecular formula is C37H33F3N2O7. The number of aromatic nitrogens is 1. The number of aryl methyl sites for hydroxylation is 1. The molecule has 0 spiro atoms. The number of benzene rings is 4. The minimum atomic E-state index is -4.44. The number of ether oxygens (including phenoxy) is 3. The van der Waals surface area contributed by atoms with Gasteiger partial charge in [0.1, 0.15) is 24.2 Å². The lowest BCUT2D eigenvalue weighted by molar-refractivity contribution is -0.147. The Labute approximate surface area is 279 Å². The lowest BCUT2D eigenvalue weighted by Crippen LogP contribution is -2.48. The van der Waals surface area contributed by atoms with Crippen LogP contribution in [-0.4, -0.2) is 59.5 Å². The second kappa shape index (κ2) is 14.1. The summed E-state index contributed by atoms with van der Waals surface area (Å²) in [5.74, 6) is 0.536. The van der Waals surface area contributed by atoms with Crippen molar-refractivity contribution in [3.63, 3.8) is 0 Å². The number of hydrogen-bond acceptors (Lipinski definition) is 8. The van der Waals surface area contributed by atoms with Crippen LogP contribution in [0.2, 0.25) is 0 Å². The molecule has 1 aromatic heterocycles. The van der Waals surface area contributed by atoms with E-state index in [1.54, 1.807) is 31.2 Å². The van der Waals surface area contributed by atoms with Gasteiger partial charge < -0.3 is 23.7 Å². The monoisotopic (exact) mass is 674 g/mol. The Bertz CT molecular complexity index is 1940. The van der Waals surface area contributed by atoms with Crippen molar-refractivity contribution in [3.05, 3.63) is 119 Å². The Morgan fingerprint density at radius 1 is 1.00 bits per heavy atom. The van der Waals surface area contributed by atoms with E-state index in [0.717, 1.165) is 22.6 Å². The van der Waals surface area contributed by atoms with Gasteiger partial charge in [-0.05, 0) is 60.2 Å². The van der Waals surface area contributed by atoms with Gasteiger partial charge in [0.2, 0.25) is 5.89 Å². The number of fused-ring (bicyclic) bond motifs is 1. The van der Waals surface area contributed by atoms with Gasteiger partial charge in [0, 0.05) is 24.5 Å². The summed E-state index contributed by atoms with van der Waals surface area (Å²) in [5, 5.41) is 12.8. The number of carbonyl (C=O) groups is 2. The number of methoxy groups -OCH3 is 1. The number of aliphatic hydroxyl groups excluding tert-OH is 1. The number of oxazole rings is 1. The molecule has 3 atom stereocenters. The highest BCUT2D eigenvalue weighted by atomic mass is 19.4. The predicted molar refractivity (Wildman–Crippen MR) is 173 cm³/mol. The number of cyclic esters (lactones) is 1. The van der Waals surface area contributed by atoms with E-state index >= 15 is 0 Å². The Morgan fingerprint density at radius 2 is 1.69 bits per heavy atom. The zero-order chi connectivity index (χ0) is 34.7. The van der Waals surface area contributed by atoms with Crippen molar-refractivity contribution in [2.75, 3.05) is 20.3 Å². The predicted octanol–water partition coefficient (Wildman–Crippen LogP) is 7.08. The Morgan fingerprint density at radius 3 is 2.39 bits per heavy atom. The van der Waals surface area contributed by atoms with E-state index in [0.29, 0.717) is 51.9 Å². The number of imide groups is 1. The molecule has 5 aromatic rings. The molecule has 4 aromatic carbocycles. The van der Waals surface area contributed by atoms with E-state index in [-0.39, 0.29) is 19.1 Å². The maximum Gasteiger partial charge on any atom is 0.417 e. The zero-order valence-corrected chi connectivity index (χ0v) is 26.6. The second-order valence-corrected chi connectivity index (χ2v) is 11.6. The smallest absolute Gasteiger partial charge is 0.417 e. The molecule has 254 valence electrons. The van der Waals surface area contributed by atoms with E-state index in [4.69, 9.17) is 18.6 Å². The first-order chi connectivity index (χ1) is 23.5. The summed E-state index contributed by atoms with van der Waals surface area (Å²) in [6.07, 6.45) is -7.30. The van der Waals surface area contributed by atoms with Crippen LogP contribution in [0.3, 0.4) is 0 Å². The molecule has 9 nitrogen and oxygen atoms in total. The molecule has 49 heavy (non-hydrogen) atoms. The molecule has 1 aliphatic rings. The average Bonchev–Trinajstić information content (AvgIpc) is 3.65. The summed E-state index contributed by atoms with van der Waals surface area (Å²) in [7, 11) is 1.30. The molecule has 1 unspecified atom stereocenters. The lowest BCUT2D eigenvalue weighted by atomic mass is 9.95. The number of amides is 2. The van der Waals surface area contributed by atoms with Crippen molar-refractivity contribution in [1.82, 2.24) is 9.88 Å². The van der Waals surface area contributed by atoms with Gasteiger partial charge in [-0.2, -0.15) is 13.2 Å². The largest absolute Gasteiger partial charge is 0.493 e. The summed E-state index contributed by atoms with van der Waals surface area (Å²) < 4.78 is 61.4. The van der Waals surface area contributed by atoms with E-state index < -0.39 is 42.0 Å². The second-order valence-electron chi connectivity index (χ2n) is 11.6. The van der Waals surface area contributed by atoms with Crippen molar-refractivity contribution < 1.29 is 46.5 Å². The topological polar surface area (TPSA) is 111 Å². The molecule has 0 radical (unpaired) electrons. The number of carbonyl (C=O) groups excluding carboxylic acids is 2. The van der Waals surface area contributed by atoms with Crippen LogP contribution in [-0.2, 0) is 33.3 Å². The van der Waals surface area contributed by atoms with Gasteiger partial charge in [-0.1, -0.05) is 60.7 Å². The number of aliphatic hydroxyl groups is 1. The molecule has 0 aliphatic carbocycles. The maximum atomic E-state index is 13.7. The molecule has 2 amide bonds. The molecule has 1 fully saturated rings. The lowest BCUT2D eigenvalue weighted by Gasteiger charge is -2.28. The molecule has 12 heteroatoms. The Balaban J connectivity index is 1.16. The molecule has 1 N–H and O–H groups in total. The van der Waals surface area contributed by atoms with Crippen LogP contribution in [0.15, 0.2) is 95.4 Å². The highest BCUT2D eigenvalue weighted by molar-refractivity contribution is 5.97. The first-order valence-corrected chi connectivity index (χ1v) is 15.6. The van der Waals surface area contributed by atoms with Crippen LogP contribution in [0.5, 0.6) is 5.75 Å². The van der Waals surface area contributed by atoms with Crippen molar-refractivity contribution in [2.24, 2.45) is 0 Å². The number of rotatable bonds is 11. The van der Waals surface area contributed by atoms with Gasteiger partial charge in [-0.25, -0.2) is 14.7 Å². The highest BCUT2D eigenvalue weighted by Crippen LogP contribution is 2.35. The van der Waals surface area contributed by atoms with E-state index in [9.17, 15) is 27.9 Å². The van der Waals surface area contributed by atoms with Crippen LogP contribution in [0, 0.1) is 6.92 Å². The van der Waals surface area contributed by atoms with Crippen LogP contribution in [0.25, 0.3) is 22.2 Å². The molecule has 1 saturated heterocycles. The normalized spacial score (nSPS) is 16.1. The third kappa shape index (κ3) is 7.15. The average molecular weight is 675 g/mol. The van der Waals surface area contributed by atoms with Crippen LogP contribution < -0.4 is 4.74 Å². The van der Waals surface area contributed by atoms with E-state index in [1.165, 1.54) is 19.2 Å². The van der Waals surface area contributed by atoms with Crippen LogP contribution >= 0.6 is 0 Å². The van der Waals surface area contributed by atoms with Crippen molar-refractivity contribution in [3.8, 4) is 17.2 Å². The first-order valence-electron chi connectivity index (χ1n) is 15.6. The minimum absolute atomic E-state index is 0.0329. The van der Waals surface area contributed by atoms with E-state index in [1.807, 2.05) is 42.5 Å². The Hall–Kier alpha value is -5.20. The van der Waals surface area contributed by atoms with Crippen LogP contribution in [0.4, 0.5) is 18.0 Å². The first kappa shape index (κ1) is 33.7. The van der Waals surface area contributed by atoms with E-state index in [2.05, 4.69) is 4.98 Å².